The monoisotopic (exact) mass is 494 g/mol. The number of methoxy groups -OCH3 is 2. The van der Waals surface area contributed by atoms with Crippen LogP contribution in [0.2, 0.25) is 0 Å². The highest BCUT2D eigenvalue weighted by molar-refractivity contribution is 14.0. The maximum absolute atomic E-state index is 11.9. The van der Waals surface area contributed by atoms with E-state index in [4.69, 9.17) is 14.2 Å². The van der Waals surface area contributed by atoms with Crippen LogP contribution < -0.4 is 20.7 Å². The van der Waals surface area contributed by atoms with Crippen LogP contribution in [0, 0.1) is 0 Å². The highest BCUT2D eigenvalue weighted by Gasteiger charge is 2.04. The topological polar surface area (TPSA) is 93.2 Å². The molecule has 0 radical (unpaired) electrons. The van der Waals surface area contributed by atoms with Crippen molar-refractivity contribution in [2.75, 3.05) is 54.2 Å². The van der Waals surface area contributed by atoms with Crippen molar-refractivity contribution >= 4 is 35.8 Å². The molecule has 0 saturated carbocycles. The number of amides is 1. The van der Waals surface area contributed by atoms with Crippen molar-refractivity contribution in [2.45, 2.75) is 13.0 Å². The molecule has 1 aromatic rings. The number of ether oxygens (including phenoxy) is 3. The third-order valence-electron chi connectivity index (χ3n) is 3.48. The average Bonchev–Trinajstić information content (AvgIpc) is 2.68. The first-order valence-corrected chi connectivity index (χ1v) is 8.60. The zero-order chi connectivity index (χ0) is 19.0. The second-order valence-electron chi connectivity index (χ2n) is 5.44. The summed E-state index contributed by atoms with van der Waals surface area (Å²) in [7, 11) is 4.94. The minimum Gasteiger partial charge on any atom is -0.497 e. The molecule has 154 valence electrons. The number of hydrogen-bond acceptors (Lipinski definition) is 5. The van der Waals surface area contributed by atoms with Gasteiger partial charge >= 0.3 is 0 Å². The summed E-state index contributed by atoms with van der Waals surface area (Å²) in [5.74, 6) is 1.27. The minimum atomic E-state index is -0.105. The normalized spacial score (nSPS) is 10.7. The van der Waals surface area contributed by atoms with Crippen LogP contribution in [0.3, 0.4) is 0 Å². The third-order valence-corrected chi connectivity index (χ3v) is 3.48. The molecule has 0 aliphatic carbocycles. The molecule has 0 fully saturated rings. The standard InChI is InChI=1S/C18H30N4O4.HI/c1-19-18(20-9-4-10-26-12-11-24-2)22-14-17(23)21-13-15-5-7-16(25-3)8-6-15;/h5-8H,4,9-14H2,1-3H3,(H,21,23)(H2,19,20,22);1H. The molecule has 0 aliphatic heterocycles. The average molecular weight is 494 g/mol. The van der Waals surface area contributed by atoms with Gasteiger partial charge in [-0.1, -0.05) is 12.1 Å². The zero-order valence-electron chi connectivity index (χ0n) is 16.2. The summed E-state index contributed by atoms with van der Waals surface area (Å²) in [5.41, 5.74) is 1.01. The number of benzene rings is 1. The van der Waals surface area contributed by atoms with E-state index in [0.29, 0.717) is 38.9 Å². The van der Waals surface area contributed by atoms with Crippen LogP contribution in [0.25, 0.3) is 0 Å². The summed E-state index contributed by atoms with van der Waals surface area (Å²) < 4.78 is 15.4. The minimum absolute atomic E-state index is 0. The number of nitrogens with one attached hydrogen (secondary N) is 3. The van der Waals surface area contributed by atoms with E-state index in [2.05, 4.69) is 20.9 Å². The van der Waals surface area contributed by atoms with Gasteiger partial charge in [-0.05, 0) is 24.1 Å². The molecule has 0 unspecified atom stereocenters. The lowest BCUT2D eigenvalue weighted by atomic mass is 10.2. The van der Waals surface area contributed by atoms with Gasteiger partial charge < -0.3 is 30.2 Å². The van der Waals surface area contributed by atoms with Crippen LogP contribution in [-0.2, 0) is 20.8 Å². The highest BCUT2D eigenvalue weighted by Crippen LogP contribution is 2.10. The Hall–Kier alpha value is -1.59. The second-order valence-corrected chi connectivity index (χ2v) is 5.44. The number of carbonyl (C=O) groups is 1. The Morgan fingerprint density at radius 3 is 2.41 bits per heavy atom. The van der Waals surface area contributed by atoms with Gasteiger partial charge in [0.25, 0.3) is 0 Å². The fourth-order valence-electron chi connectivity index (χ4n) is 2.02. The maximum atomic E-state index is 11.9. The first-order valence-electron chi connectivity index (χ1n) is 8.60. The predicted octanol–water partition coefficient (Wildman–Crippen LogP) is 1.15. The van der Waals surface area contributed by atoms with Crippen LogP contribution in [0.4, 0.5) is 0 Å². The van der Waals surface area contributed by atoms with Crippen molar-refractivity contribution in [3.05, 3.63) is 29.8 Å². The van der Waals surface area contributed by atoms with Gasteiger partial charge in [0.05, 0.1) is 26.9 Å². The Labute approximate surface area is 178 Å². The molecular weight excluding hydrogens is 463 g/mol. The maximum Gasteiger partial charge on any atom is 0.239 e. The number of rotatable bonds is 12. The van der Waals surface area contributed by atoms with E-state index in [1.165, 1.54) is 0 Å². The molecule has 3 N–H and O–H groups in total. The number of aliphatic imine (C=N–C) groups is 1. The third kappa shape index (κ3) is 12.4. The molecule has 27 heavy (non-hydrogen) atoms. The molecule has 0 atom stereocenters. The Kier molecular flexibility index (Phi) is 15.6. The molecule has 0 bridgehead atoms. The van der Waals surface area contributed by atoms with Crippen molar-refractivity contribution in [1.82, 2.24) is 16.0 Å². The smallest absolute Gasteiger partial charge is 0.239 e. The van der Waals surface area contributed by atoms with E-state index >= 15 is 0 Å². The highest BCUT2D eigenvalue weighted by atomic mass is 127. The van der Waals surface area contributed by atoms with Crippen molar-refractivity contribution in [3.8, 4) is 5.75 Å². The predicted molar refractivity (Wildman–Crippen MR) is 117 cm³/mol. The second kappa shape index (κ2) is 16.6. The van der Waals surface area contributed by atoms with E-state index in [-0.39, 0.29) is 36.4 Å². The molecule has 1 rings (SSSR count). The van der Waals surface area contributed by atoms with Gasteiger partial charge in [-0.2, -0.15) is 0 Å². The summed E-state index contributed by atoms with van der Waals surface area (Å²) in [5, 5.41) is 8.97. The Bertz CT molecular complexity index is 541. The van der Waals surface area contributed by atoms with E-state index in [1.807, 2.05) is 24.3 Å². The van der Waals surface area contributed by atoms with Crippen LogP contribution in [0.1, 0.15) is 12.0 Å². The molecule has 8 nitrogen and oxygen atoms in total. The lowest BCUT2D eigenvalue weighted by molar-refractivity contribution is -0.120. The SMILES string of the molecule is CN=C(NCCCOCCOC)NCC(=O)NCc1ccc(OC)cc1.I. The molecule has 0 spiro atoms. The van der Waals surface area contributed by atoms with Gasteiger partial charge in [0, 0.05) is 33.9 Å². The van der Waals surface area contributed by atoms with Crippen molar-refractivity contribution < 1.29 is 19.0 Å². The van der Waals surface area contributed by atoms with E-state index < -0.39 is 0 Å². The van der Waals surface area contributed by atoms with Crippen LogP contribution in [-0.4, -0.2) is 66.0 Å². The summed E-state index contributed by atoms with van der Waals surface area (Å²) in [4.78, 5) is 16.0. The summed E-state index contributed by atoms with van der Waals surface area (Å²) in [6.45, 7) is 3.17. The fourth-order valence-corrected chi connectivity index (χ4v) is 2.02. The van der Waals surface area contributed by atoms with Crippen molar-refractivity contribution in [2.24, 2.45) is 4.99 Å². The summed E-state index contributed by atoms with van der Waals surface area (Å²) in [6, 6.07) is 7.57. The Morgan fingerprint density at radius 1 is 1.04 bits per heavy atom. The number of nitrogens with zero attached hydrogens (tertiary/aromatic N) is 1. The van der Waals surface area contributed by atoms with Gasteiger partial charge in [0.2, 0.25) is 5.91 Å². The van der Waals surface area contributed by atoms with Gasteiger partial charge in [0.1, 0.15) is 5.75 Å². The molecule has 0 aliphatic rings. The number of halogens is 1. The van der Waals surface area contributed by atoms with Gasteiger partial charge in [-0.15, -0.1) is 24.0 Å². The molecule has 1 aromatic carbocycles. The van der Waals surface area contributed by atoms with Gasteiger partial charge in [-0.3, -0.25) is 9.79 Å². The van der Waals surface area contributed by atoms with Crippen LogP contribution >= 0.6 is 24.0 Å². The summed E-state index contributed by atoms with van der Waals surface area (Å²) in [6.07, 6.45) is 0.841. The molecule has 0 saturated heterocycles. The van der Waals surface area contributed by atoms with Gasteiger partial charge in [0.15, 0.2) is 5.96 Å². The van der Waals surface area contributed by atoms with E-state index in [1.54, 1.807) is 21.3 Å². The quantitative estimate of drug-likeness (QED) is 0.175. The Morgan fingerprint density at radius 2 is 1.78 bits per heavy atom. The summed E-state index contributed by atoms with van der Waals surface area (Å²) >= 11 is 0. The number of carbonyl (C=O) groups excluding carboxylic acids is 1. The largest absolute Gasteiger partial charge is 0.497 e. The first kappa shape index (κ1) is 25.4. The van der Waals surface area contributed by atoms with Crippen molar-refractivity contribution in [3.63, 3.8) is 0 Å². The fraction of sp³-hybridized carbons (Fsp3) is 0.556. The molecule has 0 aromatic heterocycles. The lowest BCUT2D eigenvalue weighted by Gasteiger charge is -2.12. The molecule has 0 heterocycles. The van der Waals surface area contributed by atoms with Gasteiger partial charge in [-0.25, -0.2) is 0 Å². The first-order chi connectivity index (χ1) is 12.7. The molecule has 9 heteroatoms. The van der Waals surface area contributed by atoms with Crippen LogP contribution in [0.15, 0.2) is 29.3 Å². The zero-order valence-corrected chi connectivity index (χ0v) is 18.6. The number of hydrogen-bond donors (Lipinski definition) is 3. The van der Waals surface area contributed by atoms with Crippen molar-refractivity contribution in [1.29, 1.82) is 0 Å². The van der Waals surface area contributed by atoms with E-state index in [9.17, 15) is 4.79 Å². The molecular formula is C18H31IN4O4. The molecule has 1 amide bonds. The lowest BCUT2D eigenvalue weighted by Crippen LogP contribution is -2.43. The van der Waals surface area contributed by atoms with E-state index in [0.717, 1.165) is 17.7 Å². The van der Waals surface area contributed by atoms with Crippen LogP contribution in [0.5, 0.6) is 5.75 Å². The number of guanidine groups is 1. The Balaban J connectivity index is 0.00000676.